The van der Waals surface area contributed by atoms with Gasteiger partial charge in [0.25, 0.3) is 0 Å². The van der Waals surface area contributed by atoms with Gasteiger partial charge in [0.15, 0.2) is 0 Å². The molecule has 1 fully saturated rings. The molecule has 1 saturated heterocycles. The average molecular weight is 335 g/mol. The van der Waals surface area contributed by atoms with Crippen molar-refractivity contribution >= 4 is 28.6 Å². The van der Waals surface area contributed by atoms with Crippen LogP contribution < -0.4 is 0 Å². The first-order chi connectivity index (χ1) is 10.7. The minimum absolute atomic E-state index is 0.215. The van der Waals surface area contributed by atoms with E-state index in [0.29, 0.717) is 6.54 Å². The van der Waals surface area contributed by atoms with E-state index in [1.165, 1.54) is 14.6 Å². The van der Waals surface area contributed by atoms with E-state index >= 15 is 0 Å². The molecule has 2 aromatic heterocycles. The van der Waals surface area contributed by atoms with Gasteiger partial charge in [-0.25, -0.2) is 0 Å². The number of nitrogens with zero attached hydrogens (tertiary/aromatic N) is 1. The third-order valence-electron chi connectivity index (χ3n) is 4.28. The van der Waals surface area contributed by atoms with Gasteiger partial charge in [0, 0.05) is 21.2 Å². The van der Waals surface area contributed by atoms with Gasteiger partial charge in [-0.2, -0.15) is 0 Å². The van der Waals surface area contributed by atoms with Crippen LogP contribution in [-0.2, 0) is 11.2 Å². The number of aliphatic carboxylic acids is 1. The number of hydrogen-bond acceptors (Lipinski definition) is 4. The number of carboxylic acids is 1. The van der Waals surface area contributed by atoms with E-state index in [-0.39, 0.29) is 12.0 Å². The molecule has 0 aromatic carbocycles. The van der Waals surface area contributed by atoms with E-state index in [1.807, 2.05) is 11.3 Å². The van der Waals surface area contributed by atoms with Gasteiger partial charge in [-0.05, 0) is 49.4 Å². The van der Waals surface area contributed by atoms with Crippen LogP contribution in [0.25, 0.3) is 0 Å². The van der Waals surface area contributed by atoms with Crippen LogP contribution in [0.5, 0.6) is 0 Å². The Hall–Kier alpha value is -1.17. The molecule has 22 heavy (non-hydrogen) atoms. The molecule has 1 aliphatic heterocycles. The molecule has 0 radical (unpaired) electrons. The highest BCUT2D eigenvalue weighted by atomic mass is 32.1. The van der Waals surface area contributed by atoms with Gasteiger partial charge in [0.2, 0.25) is 0 Å². The fourth-order valence-corrected chi connectivity index (χ4v) is 5.18. The van der Waals surface area contributed by atoms with Crippen molar-refractivity contribution in [1.29, 1.82) is 0 Å². The van der Waals surface area contributed by atoms with Crippen LogP contribution >= 0.6 is 22.7 Å². The summed E-state index contributed by atoms with van der Waals surface area (Å²) in [5.74, 6) is -0.892. The number of carboxylic acid groups (broad SMARTS) is 1. The standard InChI is InChI=1S/C17H21NO2S2/c1-2-13-7-8-15(22-13)16(14-6-4-10-21-14)18-9-3-5-12(11-18)17(19)20/h4,6-8,10,12,16H,2-3,5,9,11H2,1H3,(H,19,20). The zero-order chi connectivity index (χ0) is 15.5. The van der Waals surface area contributed by atoms with Gasteiger partial charge in [0.1, 0.15) is 0 Å². The van der Waals surface area contributed by atoms with Crippen LogP contribution in [0.15, 0.2) is 29.6 Å². The van der Waals surface area contributed by atoms with Crippen LogP contribution in [0.3, 0.4) is 0 Å². The average Bonchev–Trinajstić information content (AvgIpc) is 3.20. The van der Waals surface area contributed by atoms with Crippen molar-refractivity contribution in [3.8, 4) is 0 Å². The molecule has 3 heterocycles. The Kier molecular flexibility index (Phi) is 4.96. The molecule has 2 aromatic rings. The van der Waals surface area contributed by atoms with E-state index in [4.69, 9.17) is 0 Å². The van der Waals surface area contributed by atoms with Crippen LogP contribution in [0.4, 0.5) is 0 Å². The first-order valence-electron chi connectivity index (χ1n) is 7.78. The Balaban J connectivity index is 1.90. The third kappa shape index (κ3) is 3.26. The molecule has 1 N–H and O–H groups in total. The molecule has 118 valence electrons. The number of aryl methyl sites for hydroxylation is 1. The van der Waals surface area contributed by atoms with Gasteiger partial charge < -0.3 is 5.11 Å². The summed E-state index contributed by atoms with van der Waals surface area (Å²) in [6.45, 7) is 3.81. The maximum atomic E-state index is 11.4. The Labute approximate surface area is 139 Å². The number of piperidine rings is 1. The Morgan fingerprint density at radius 3 is 2.91 bits per heavy atom. The largest absolute Gasteiger partial charge is 0.481 e. The second kappa shape index (κ2) is 6.94. The minimum Gasteiger partial charge on any atom is -0.481 e. The number of carbonyl (C=O) groups is 1. The Morgan fingerprint density at radius 2 is 2.27 bits per heavy atom. The highest BCUT2D eigenvalue weighted by Crippen LogP contribution is 2.38. The minimum atomic E-state index is -0.657. The molecular formula is C17H21NO2S2. The molecule has 0 aliphatic carbocycles. The molecule has 0 amide bonds. The Morgan fingerprint density at radius 1 is 1.41 bits per heavy atom. The summed E-state index contributed by atoms with van der Waals surface area (Å²) in [5.41, 5.74) is 0. The molecule has 5 heteroatoms. The van der Waals surface area contributed by atoms with Crippen LogP contribution in [0.1, 0.15) is 40.4 Å². The second-order valence-electron chi connectivity index (χ2n) is 5.75. The molecular weight excluding hydrogens is 314 g/mol. The normalized spacial score (nSPS) is 20.9. The van der Waals surface area contributed by atoms with Crippen molar-refractivity contribution in [2.45, 2.75) is 32.2 Å². The van der Waals surface area contributed by atoms with E-state index in [0.717, 1.165) is 25.8 Å². The van der Waals surface area contributed by atoms with Gasteiger partial charge in [0.05, 0.1) is 12.0 Å². The van der Waals surface area contributed by atoms with Gasteiger partial charge in [-0.1, -0.05) is 13.0 Å². The predicted octanol–water partition coefficient (Wildman–Crippen LogP) is 4.26. The summed E-state index contributed by atoms with van der Waals surface area (Å²) in [6, 6.07) is 8.90. The summed E-state index contributed by atoms with van der Waals surface area (Å²) < 4.78 is 0. The van der Waals surface area contributed by atoms with Crippen molar-refractivity contribution in [2.24, 2.45) is 5.92 Å². The van der Waals surface area contributed by atoms with E-state index in [9.17, 15) is 9.90 Å². The smallest absolute Gasteiger partial charge is 0.307 e. The highest BCUT2D eigenvalue weighted by Gasteiger charge is 2.32. The van der Waals surface area contributed by atoms with E-state index in [2.05, 4.69) is 41.5 Å². The molecule has 3 rings (SSSR count). The molecule has 0 bridgehead atoms. The number of hydrogen-bond donors (Lipinski definition) is 1. The first-order valence-corrected chi connectivity index (χ1v) is 9.47. The molecule has 1 aliphatic rings. The monoisotopic (exact) mass is 335 g/mol. The zero-order valence-electron chi connectivity index (χ0n) is 12.7. The van der Waals surface area contributed by atoms with Crippen molar-refractivity contribution < 1.29 is 9.90 Å². The molecule has 0 spiro atoms. The van der Waals surface area contributed by atoms with Crippen LogP contribution in [0, 0.1) is 5.92 Å². The van der Waals surface area contributed by atoms with Crippen LogP contribution in [-0.4, -0.2) is 29.1 Å². The van der Waals surface area contributed by atoms with Gasteiger partial charge in [-0.15, -0.1) is 22.7 Å². The lowest BCUT2D eigenvalue weighted by atomic mass is 9.96. The zero-order valence-corrected chi connectivity index (χ0v) is 14.3. The molecule has 0 saturated carbocycles. The van der Waals surface area contributed by atoms with Crippen molar-refractivity contribution in [1.82, 2.24) is 4.90 Å². The first kappa shape index (κ1) is 15.7. The lowest BCUT2D eigenvalue weighted by Crippen LogP contribution is -2.40. The molecule has 3 nitrogen and oxygen atoms in total. The SMILES string of the molecule is CCc1ccc(C(c2cccs2)N2CCCC(C(=O)O)C2)s1. The summed E-state index contributed by atoms with van der Waals surface area (Å²) in [5, 5.41) is 11.5. The topological polar surface area (TPSA) is 40.5 Å². The molecule has 2 unspecified atom stereocenters. The van der Waals surface area contributed by atoms with Crippen molar-refractivity contribution in [3.05, 3.63) is 44.3 Å². The fraction of sp³-hybridized carbons (Fsp3) is 0.471. The third-order valence-corrected chi connectivity index (χ3v) is 6.49. The maximum Gasteiger partial charge on any atom is 0.307 e. The summed E-state index contributed by atoms with van der Waals surface area (Å²) >= 11 is 3.62. The number of thiophene rings is 2. The lowest BCUT2D eigenvalue weighted by Gasteiger charge is -2.36. The highest BCUT2D eigenvalue weighted by molar-refractivity contribution is 7.13. The van der Waals surface area contributed by atoms with E-state index < -0.39 is 5.97 Å². The van der Waals surface area contributed by atoms with Crippen molar-refractivity contribution in [3.63, 3.8) is 0 Å². The fourth-order valence-electron chi connectivity index (χ4n) is 3.12. The number of likely N-dealkylation sites (tertiary alicyclic amines) is 1. The Bertz CT molecular complexity index is 620. The van der Waals surface area contributed by atoms with Gasteiger partial charge >= 0.3 is 5.97 Å². The summed E-state index contributed by atoms with van der Waals surface area (Å²) in [4.78, 5) is 17.8. The van der Waals surface area contributed by atoms with E-state index in [1.54, 1.807) is 11.3 Å². The van der Waals surface area contributed by atoms with Crippen LogP contribution in [0.2, 0.25) is 0 Å². The quantitative estimate of drug-likeness (QED) is 0.887. The van der Waals surface area contributed by atoms with Crippen molar-refractivity contribution in [2.75, 3.05) is 13.1 Å². The maximum absolute atomic E-state index is 11.4. The molecule has 2 atom stereocenters. The van der Waals surface area contributed by atoms with Gasteiger partial charge in [-0.3, -0.25) is 9.69 Å². The predicted molar refractivity (Wildman–Crippen MR) is 91.8 cm³/mol. The second-order valence-corrected chi connectivity index (χ2v) is 7.93. The lowest BCUT2D eigenvalue weighted by molar-refractivity contribution is -0.143. The summed E-state index contributed by atoms with van der Waals surface area (Å²) in [6.07, 6.45) is 2.82. The number of rotatable bonds is 5. The summed E-state index contributed by atoms with van der Waals surface area (Å²) in [7, 11) is 0.